The first kappa shape index (κ1) is 10.4. The summed E-state index contributed by atoms with van der Waals surface area (Å²) >= 11 is 0. The molecule has 15 heavy (non-hydrogen) atoms. The highest BCUT2D eigenvalue weighted by molar-refractivity contribution is 5.22. The second kappa shape index (κ2) is 5.13. The van der Waals surface area contributed by atoms with E-state index < -0.39 is 0 Å². The molecule has 0 saturated carbocycles. The van der Waals surface area contributed by atoms with Crippen molar-refractivity contribution in [2.45, 2.75) is 31.8 Å². The van der Waals surface area contributed by atoms with Crippen LogP contribution >= 0.6 is 0 Å². The molecule has 1 nitrogen and oxygen atoms in total. The Bertz CT molecular complexity index is 315. The van der Waals surface area contributed by atoms with Crippen LogP contribution in [0.15, 0.2) is 42.5 Å². The fourth-order valence-corrected chi connectivity index (χ4v) is 2.18. The summed E-state index contributed by atoms with van der Waals surface area (Å²) in [4.78, 5) is 0. The summed E-state index contributed by atoms with van der Waals surface area (Å²) in [5.41, 5.74) is 1.44. The van der Waals surface area contributed by atoms with Crippen LogP contribution in [0.2, 0.25) is 0 Å². The number of hydrogen-bond donors (Lipinski definition) is 0. The Labute approximate surface area is 91.8 Å². The number of benzene rings is 1. The summed E-state index contributed by atoms with van der Waals surface area (Å²) in [5.74, 6) is 0.632. The van der Waals surface area contributed by atoms with Gasteiger partial charge in [-0.25, -0.2) is 0 Å². The van der Waals surface area contributed by atoms with Gasteiger partial charge in [-0.1, -0.05) is 42.5 Å². The van der Waals surface area contributed by atoms with E-state index in [4.69, 9.17) is 4.74 Å². The van der Waals surface area contributed by atoms with Gasteiger partial charge in [0.25, 0.3) is 0 Å². The Balaban J connectivity index is 2.04. The highest BCUT2D eigenvalue weighted by atomic mass is 16.5. The van der Waals surface area contributed by atoms with E-state index in [-0.39, 0.29) is 0 Å². The maximum Gasteiger partial charge on any atom is 0.0761 e. The van der Waals surface area contributed by atoms with E-state index in [9.17, 15) is 0 Å². The van der Waals surface area contributed by atoms with Crippen LogP contribution in [0.4, 0.5) is 0 Å². The molecule has 80 valence electrons. The lowest BCUT2D eigenvalue weighted by atomic mass is 9.86. The van der Waals surface area contributed by atoms with Crippen LogP contribution < -0.4 is 0 Å². The normalized spacial score (nSPS) is 25.4. The van der Waals surface area contributed by atoms with Gasteiger partial charge in [-0.2, -0.15) is 0 Å². The average molecular weight is 202 g/mol. The van der Waals surface area contributed by atoms with Crippen LogP contribution in [0.25, 0.3) is 0 Å². The first-order valence-corrected chi connectivity index (χ1v) is 5.73. The summed E-state index contributed by atoms with van der Waals surface area (Å²) in [5, 5.41) is 0. The molecule has 1 aliphatic rings. The smallest absolute Gasteiger partial charge is 0.0761 e. The zero-order valence-electron chi connectivity index (χ0n) is 9.23. The van der Waals surface area contributed by atoms with Crippen molar-refractivity contribution in [1.29, 1.82) is 0 Å². The van der Waals surface area contributed by atoms with Crippen molar-refractivity contribution in [2.24, 2.45) is 0 Å². The van der Waals surface area contributed by atoms with Crippen molar-refractivity contribution < 1.29 is 4.74 Å². The molecule has 0 bridgehead atoms. The minimum Gasteiger partial charge on any atom is -0.374 e. The van der Waals surface area contributed by atoms with E-state index in [1.54, 1.807) is 0 Å². The quantitative estimate of drug-likeness (QED) is 0.681. The topological polar surface area (TPSA) is 9.23 Å². The van der Waals surface area contributed by atoms with Crippen LogP contribution in [0.1, 0.15) is 31.2 Å². The van der Waals surface area contributed by atoms with Crippen LogP contribution in [0.5, 0.6) is 0 Å². The molecular formula is C14H18O. The Morgan fingerprint density at radius 3 is 2.80 bits per heavy atom. The van der Waals surface area contributed by atoms with Crippen LogP contribution in [0.3, 0.4) is 0 Å². The summed E-state index contributed by atoms with van der Waals surface area (Å²) < 4.78 is 5.65. The average Bonchev–Trinajstić information content (AvgIpc) is 2.31. The largest absolute Gasteiger partial charge is 0.374 e. The molecule has 1 aliphatic carbocycles. The van der Waals surface area contributed by atoms with E-state index in [2.05, 4.69) is 49.4 Å². The van der Waals surface area contributed by atoms with Gasteiger partial charge in [-0.15, -0.1) is 0 Å². The fraction of sp³-hybridized carbons (Fsp3) is 0.429. The minimum absolute atomic E-state index is 0.314. The zero-order valence-corrected chi connectivity index (χ0v) is 9.23. The predicted octanol–water partition coefficient (Wildman–Crippen LogP) is 3.53. The van der Waals surface area contributed by atoms with E-state index in [0.29, 0.717) is 12.0 Å². The first-order chi connectivity index (χ1) is 7.40. The van der Waals surface area contributed by atoms with Gasteiger partial charge in [0, 0.05) is 6.61 Å². The van der Waals surface area contributed by atoms with E-state index in [1.165, 1.54) is 5.56 Å². The van der Waals surface area contributed by atoms with Gasteiger partial charge in [-0.3, -0.25) is 0 Å². The van der Waals surface area contributed by atoms with Crippen molar-refractivity contribution in [1.82, 2.24) is 0 Å². The van der Waals surface area contributed by atoms with Crippen LogP contribution in [0, 0.1) is 0 Å². The molecule has 0 radical (unpaired) electrons. The predicted molar refractivity (Wildman–Crippen MR) is 63.0 cm³/mol. The number of hydrogen-bond acceptors (Lipinski definition) is 1. The SMILES string of the molecule is CCO[C@H]1C=CC[C@@H](c2ccccc2)C1. The maximum atomic E-state index is 5.65. The Morgan fingerprint density at radius 1 is 1.27 bits per heavy atom. The van der Waals surface area contributed by atoms with Gasteiger partial charge >= 0.3 is 0 Å². The molecule has 0 N–H and O–H groups in total. The van der Waals surface area contributed by atoms with E-state index in [1.807, 2.05) is 0 Å². The molecule has 2 atom stereocenters. The number of rotatable bonds is 3. The van der Waals surface area contributed by atoms with E-state index in [0.717, 1.165) is 19.4 Å². The second-order valence-electron chi connectivity index (χ2n) is 4.00. The van der Waals surface area contributed by atoms with Gasteiger partial charge < -0.3 is 4.74 Å². The lowest BCUT2D eigenvalue weighted by Gasteiger charge is -2.24. The van der Waals surface area contributed by atoms with Crippen molar-refractivity contribution in [3.63, 3.8) is 0 Å². The summed E-state index contributed by atoms with van der Waals surface area (Å²) in [6, 6.07) is 10.7. The second-order valence-corrected chi connectivity index (χ2v) is 4.00. The molecule has 1 aromatic carbocycles. The molecule has 0 saturated heterocycles. The highest BCUT2D eigenvalue weighted by Gasteiger charge is 2.18. The Hall–Kier alpha value is -1.08. The summed E-state index contributed by atoms with van der Waals surface area (Å²) in [6.45, 7) is 2.86. The first-order valence-electron chi connectivity index (χ1n) is 5.73. The molecule has 0 aromatic heterocycles. The fourth-order valence-electron chi connectivity index (χ4n) is 2.18. The Kier molecular flexibility index (Phi) is 3.57. The van der Waals surface area contributed by atoms with Crippen molar-refractivity contribution in [2.75, 3.05) is 6.61 Å². The highest BCUT2D eigenvalue weighted by Crippen LogP contribution is 2.30. The lowest BCUT2D eigenvalue weighted by Crippen LogP contribution is -2.17. The van der Waals surface area contributed by atoms with Gasteiger partial charge in [0.15, 0.2) is 0 Å². The van der Waals surface area contributed by atoms with Crippen molar-refractivity contribution >= 4 is 0 Å². The summed E-state index contributed by atoms with van der Waals surface area (Å²) in [6.07, 6.45) is 7.03. The van der Waals surface area contributed by atoms with Gasteiger partial charge in [-0.05, 0) is 31.2 Å². The van der Waals surface area contributed by atoms with Gasteiger partial charge in [0.05, 0.1) is 6.10 Å². The molecule has 0 amide bonds. The third-order valence-corrected chi connectivity index (χ3v) is 2.94. The van der Waals surface area contributed by atoms with E-state index >= 15 is 0 Å². The molecule has 0 unspecified atom stereocenters. The molecular weight excluding hydrogens is 184 g/mol. The molecule has 0 heterocycles. The third-order valence-electron chi connectivity index (χ3n) is 2.94. The molecule has 0 fully saturated rings. The van der Waals surface area contributed by atoms with Crippen molar-refractivity contribution in [3.8, 4) is 0 Å². The van der Waals surface area contributed by atoms with Crippen LogP contribution in [-0.4, -0.2) is 12.7 Å². The monoisotopic (exact) mass is 202 g/mol. The standard InChI is InChI=1S/C14H18O/c1-2-15-14-10-6-9-13(11-14)12-7-4-3-5-8-12/h3-8,10,13-14H,2,9,11H2,1H3/t13-,14+/m1/s1. The Morgan fingerprint density at radius 2 is 2.07 bits per heavy atom. The molecule has 1 heteroatoms. The van der Waals surface area contributed by atoms with Crippen molar-refractivity contribution in [3.05, 3.63) is 48.0 Å². The number of allylic oxidation sites excluding steroid dienone is 1. The minimum atomic E-state index is 0.314. The molecule has 0 spiro atoms. The van der Waals surface area contributed by atoms with Gasteiger partial charge in [0.1, 0.15) is 0 Å². The molecule has 0 aliphatic heterocycles. The maximum absolute atomic E-state index is 5.65. The van der Waals surface area contributed by atoms with Crippen LogP contribution in [-0.2, 0) is 4.74 Å². The third kappa shape index (κ3) is 2.69. The molecule has 2 rings (SSSR count). The number of ether oxygens (including phenoxy) is 1. The lowest BCUT2D eigenvalue weighted by molar-refractivity contribution is 0.0813. The van der Waals surface area contributed by atoms with Gasteiger partial charge in [0.2, 0.25) is 0 Å². The zero-order chi connectivity index (χ0) is 10.5. The molecule has 1 aromatic rings. The summed E-state index contributed by atoms with van der Waals surface area (Å²) in [7, 11) is 0.